The number of urea groups is 1. The second kappa shape index (κ2) is 8.88. The normalized spacial score (nSPS) is 10.9. The van der Waals surface area contributed by atoms with Crippen molar-refractivity contribution in [1.29, 1.82) is 0 Å². The first-order chi connectivity index (χ1) is 13.5. The minimum absolute atomic E-state index is 0.171. The summed E-state index contributed by atoms with van der Waals surface area (Å²) in [4.78, 5) is 20.7. The molecule has 2 aromatic heterocycles. The van der Waals surface area contributed by atoms with E-state index in [0.29, 0.717) is 41.9 Å². The SMILES string of the molecule is CCCNC(=O)NCCNc1nc(C)nc2c1c(C)nn2-c1ccccc1Cl. The van der Waals surface area contributed by atoms with Gasteiger partial charge in [0.1, 0.15) is 11.6 Å². The maximum atomic E-state index is 11.6. The zero-order valence-corrected chi connectivity index (χ0v) is 17.0. The molecule has 28 heavy (non-hydrogen) atoms. The smallest absolute Gasteiger partial charge is 0.314 e. The third kappa shape index (κ3) is 4.33. The third-order valence-electron chi connectivity index (χ3n) is 4.13. The van der Waals surface area contributed by atoms with Gasteiger partial charge in [0, 0.05) is 19.6 Å². The molecule has 3 rings (SSSR count). The molecule has 0 aliphatic rings. The number of carbonyl (C=O) groups excluding carboxylic acids is 1. The summed E-state index contributed by atoms with van der Waals surface area (Å²) in [6, 6.07) is 7.34. The van der Waals surface area contributed by atoms with Gasteiger partial charge in [0.05, 0.1) is 21.8 Å². The Kier molecular flexibility index (Phi) is 6.30. The Morgan fingerprint density at radius 2 is 1.86 bits per heavy atom. The Morgan fingerprint density at radius 3 is 2.61 bits per heavy atom. The number of carbonyl (C=O) groups is 1. The number of rotatable bonds is 7. The maximum Gasteiger partial charge on any atom is 0.314 e. The number of aromatic nitrogens is 4. The van der Waals surface area contributed by atoms with Crippen LogP contribution < -0.4 is 16.0 Å². The van der Waals surface area contributed by atoms with Crippen LogP contribution in [0.2, 0.25) is 5.02 Å². The molecule has 0 unspecified atom stereocenters. The summed E-state index contributed by atoms with van der Waals surface area (Å²) in [5.41, 5.74) is 2.25. The monoisotopic (exact) mass is 401 g/mol. The number of para-hydroxylation sites is 1. The van der Waals surface area contributed by atoms with Gasteiger partial charge < -0.3 is 16.0 Å². The van der Waals surface area contributed by atoms with E-state index >= 15 is 0 Å². The van der Waals surface area contributed by atoms with E-state index in [4.69, 9.17) is 11.6 Å². The summed E-state index contributed by atoms with van der Waals surface area (Å²) < 4.78 is 1.74. The molecule has 2 heterocycles. The van der Waals surface area contributed by atoms with Crippen molar-refractivity contribution in [2.24, 2.45) is 0 Å². The fourth-order valence-corrected chi connectivity index (χ4v) is 3.08. The fourth-order valence-electron chi connectivity index (χ4n) is 2.87. The van der Waals surface area contributed by atoms with Gasteiger partial charge in [0.2, 0.25) is 0 Å². The number of nitrogens with zero attached hydrogens (tertiary/aromatic N) is 4. The molecule has 0 atom stereocenters. The molecule has 0 fully saturated rings. The van der Waals surface area contributed by atoms with Gasteiger partial charge in [0.25, 0.3) is 0 Å². The fraction of sp³-hybridized carbons (Fsp3) is 0.368. The third-order valence-corrected chi connectivity index (χ3v) is 4.45. The number of halogens is 1. The standard InChI is InChI=1S/C19H24ClN7O/c1-4-9-22-19(28)23-11-10-21-17-16-12(2)26-27(18(16)25-13(3)24-17)15-8-6-5-7-14(15)20/h5-8H,4,9-11H2,1-3H3,(H,21,24,25)(H2,22,23,28). The lowest BCUT2D eigenvalue weighted by atomic mass is 10.3. The van der Waals surface area contributed by atoms with Crippen molar-refractivity contribution in [2.75, 3.05) is 25.0 Å². The summed E-state index contributed by atoms with van der Waals surface area (Å²) in [5, 5.41) is 14.9. The van der Waals surface area contributed by atoms with Crippen LogP contribution in [-0.4, -0.2) is 45.4 Å². The van der Waals surface area contributed by atoms with Gasteiger partial charge in [-0.25, -0.2) is 19.4 Å². The lowest BCUT2D eigenvalue weighted by Gasteiger charge is -2.10. The average Bonchev–Trinajstić information content (AvgIpc) is 3.00. The van der Waals surface area contributed by atoms with Gasteiger partial charge >= 0.3 is 6.03 Å². The molecule has 0 radical (unpaired) electrons. The number of aryl methyl sites for hydroxylation is 2. The highest BCUT2D eigenvalue weighted by molar-refractivity contribution is 6.32. The van der Waals surface area contributed by atoms with Gasteiger partial charge in [-0.3, -0.25) is 0 Å². The van der Waals surface area contributed by atoms with Crippen molar-refractivity contribution >= 4 is 34.5 Å². The van der Waals surface area contributed by atoms with Crippen molar-refractivity contribution in [1.82, 2.24) is 30.4 Å². The van der Waals surface area contributed by atoms with Crippen LogP contribution in [0.5, 0.6) is 0 Å². The van der Waals surface area contributed by atoms with E-state index in [-0.39, 0.29) is 6.03 Å². The number of hydrogen-bond donors (Lipinski definition) is 3. The van der Waals surface area contributed by atoms with E-state index in [9.17, 15) is 4.79 Å². The molecule has 0 saturated heterocycles. The molecule has 2 amide bonds. The second-order valence-electron chi connectivity index (χ2n) is 6.38. The predicted octanol–water partition coefficient (Wildman–Crippen LogP) is 3.21. The minimum Gasteiger partial charge on any atom is -0.368 e. The molecule has 9 heteroatoms. The summed E-state index contributed by atoms with van der Waals surface area (Å²) >= 11 is 6.35. The van der Waals surface area contributed by atoms with Crippen LogP contribution in [0.4, 0.5) is 10.6 Å². The Morgan fingerprint density at radius 1 is 1.11 bits per heavy atom. The molecule has 0 aliphatic carbocycles. The highest BCUT2D eigenvalue weighted by atomic mass is 35.5. The van der Waals surface area contributed by atoms with Gasteiger partial charge in [-0.05, 0) is 32.4 Å². The maximum absolute atomic E-state index is 11.6. The van der Waals surface area contributed by atoms with E-state index in [2.05, 4.69) is 31.0 Å². The highest BCUT2D eigenvalue weighted by Crippen LogP contribution is 2.28. The molecule has 3 N–H and O–H groups in total. The van der Waals surface area contributed by atoms with E-state index in [1.165, 1.54) is 0 Å². The first-order valence-electron chi connectivity index (χ1n) is 9.25. The topological polar surface area (TPSA) is 96.8 Å². The zero-order chi connectivity index (χ0) is 20.1. The number of amides is 2. The van der Waals surface area contributed by atoms with Crippen molar-refractivity contribution in [3.05, 3.63) is 40.8 Å². The molecular weight excluding hydrogens is 378 g/mol. The lowest BCUT2D eigenvalue weighted by Crippen LogP contribution is -2.38. The molecule has 0 saturated carbocycles. The van der Waals surface area contributed by atoms with Crippen LogP contribution in [-0.2, 0) is 0 Å². The second-order valence-corrected chi connectivity index (χ2v) is 6.78. The van der Waals surface area contributed by atoms with Crippen molar-refractivity contribution < 1.29 is 4.79 Å². The van der Waals surface area contributed by atoms with Gasteiger partial charge in [-0.1, -0.05) is 30.7 Å². The van der Waals surface area contributed by atoms with E-state index in [1.807, 2.05) is 45.0 Å². The molecule has 0 aliphatic heterocycles. The van der Waals surface area contributed by atoms with Gasteiger partial charge in [-0.2, -0.15) is 5.10 Å². The Balaban J connectivity index is 1.82. The average molecular weight is 402 g/mol. The molecule has 148 valence electrons. The number of benzene rings is 1. The van der Waals surface area contributed by atoms with Crippen LogP contribution in [0.25, 0.3) is 16.7 Å². The minimum atomic E-state index is -0.171. The highest BCUT2D eigenvalue weighted by Gasteiger charge is 2.17. The summed E-state index contributed by atoms with van der Waals surface area (Å²) in [5.74, 6) is 1.31. The molecule has 1 aromatic carbocycles. The Labute approximate surface area is 168 Å². The number of anilines is 1. The van der Waals surface area contributed by atoms with Crippen molar-refractivity contribution in [3.8, 4) is 5.69 Å². The zero-order valence-electron chi connectivity index (χ0n) is 16.2. The van der Waals surface area contributed by atoms with E-state index < -0.39 is 0 Å². The quantitative estimate of drug-likeness (QED) is 0.528. The molecule has 8 nitrogen and oxygen atoms in total. The van der Waals surface area contributed by atoms with E-state index in [1.54, 1.807) is 4.68 Å². The lowest BCUT2D eigenvalue weighted by molar-refractivity contribution is 0.241. The molecular formula is C19H24ClN7O. The van der Waals surface area contributed by atoms with Crippen LogP contribution >= 0.6 is 11.6 Å². The number of fused-ring (bicyclic) bond motifs is 1. The predicted molar refractivity (Wildman–Crippen MR) is 111 cm³/mol. The summed E-state index contributed by atoms with van der Waals surface area (Å²) in [7, 11) is 0. The van der Waals surface area contributed by atoms with Crippen LogP contribution in [0, 0.1) is 13.8 Å². The van der Waals surface area contributed by atoms with Crippen LogP contribution in [0.15, 0.2) is 24.3 Å². The summed E-state index contributed by atoms with van der Waals surface area (Å²) in [6.07, 6.45) is 0.901. The Hall–Kier alpha value is -2.87. The van der Waals surface area contributed by atoms with Crippen molar-refractivity contribution in [3.63, 3.8) is 0 Å². The van der Waals surface area contributed by atoms with Gasteiger partial charge in [0.15, 0.2) is 5.65 Å². The largest absolute Gasteiger partial charge is 0.368 e. The van der Waals surface area contributed by atoms with Gasteiger partial charge in [-0.15, -0.1) is 0 Å². The van der Waals surface area contributed by atoms with E-state index in [0.717, 1.165) is 23.2 Å². The summed E-state index contributed by atoms with van der Waals surface area (Å²) in [6.45, 7) is 7.41. The van der Waals surface area contributed by atoms with Crippen LogP contribution in [0.3, 0.4) is 0 Å². The molecule has 3 aromatic rings. The Bertz CT molecular complexity index is 986. The van der Waals surface area contributed by atoms with Crippen LogP contribution in [0.1, 0.15) is 24.9 Å². The number of hydrogen-bond acceptors (Lipinski definition) is 5. The van der Waals surface area contributed by atoms with Crippen molar-refractivity contribution in [2.45, 2.75) is 27.2 Å². The first kappa shape index (κ1) is 19.9. The molecule has 0 bridgehead atoms. The first-order valence-corrected chi connectivity index (χ1v) is 9.63. The molecule has 0 spiro atoms. The number of nitrogens with one attached hydrogen (secondary N) is 3.